The summed E-state index contributed by atoms with van der Waals surface area (Å²) < 4.78 is 19.7. The van der Waals surface area contributed by atoms with Crippen LogP contribution in [0.5, 0.6) is 0 Å². The van der Waals surface area contributed by atoms with Crippen molar-refractivity contribution in [1.82, 2.24) is 0 Å². The molecule has 0 amide bonds. The van der Waals surface area contributed by atoms with Crippen LogP contribution in [0.4, 0.5) is 4.39 Å². The summed E-state index contributed by atoms with van der Waals surface area (Å²) in [6.07, 6.45) is 5.16. The molecule has 0 radical (unpaired) electrons. The Morgan fingerprint density at radius 1 is 1.41 bits per heavy atom. The number of hydrogen-bond acceptors (Lipinski definition) is 1. The molecule has 0 N–H and O–H groups in total. The first-order valence-corrected chi connectivity index (χ1v) is 7.00. The Morgan fingerprint density at radius 2 is 2.24 bits per heavy atom. The standard InChI is InChI=1S/C14H18BrFO/c1-10-4-2-6-12(8-10)17-9-11-5-3-7-13(16)14(11)15/h3,5,7,10,12H,2,4,6,8-9H2,1H3. The van der Waals surface area contributed by atoms with Crippen LogP contribution in [0.1, 0.15) is 38.2 Å². The maximum atomic E-state index is 13.3. The van der Waals surface area contributed by atoms with Crippen molar-refractivity contribution in [1.29, 1.82) is 0 Å². The van der Waals surface area contributed by atoms with Crippen LogP contribution in [0.3, 0.4) is 0 Å². The number of hydrogen-bond donors (Lipinski definition) is 0. The normalized spacial score (nSPS) is 24.9. The Hall–Kier alpha value is -0.410. The zero-order chi connectivity index (χ0) is 12.3. The SMILES string of the molecule is CC1CCCC(OCc2cccc(F)c2Br)C1. The molecule has 2 atom stereocenters. The van der Waals surface area contributed by atoms with Gasteiger partial charge in [-0.25, -0.2) is 4.39 Å². The van der Waals surface area contributed by atoms with Crippen LogP contribution >= 0.6 is 15.9 Å². The summed E-state index contributed by atoms with van der Waals surface area (Å²) in [5, 5.41) is 0. The molecule has 0 saturated heterocycles. The molecule has 94 valence electrons. The van der Waals surface area contributed by atoms with Gasteiger partial charge in [-0.3, -0.25) is 0 Å². The van der Waals surface area contributed by atoms with E-state index in [-0.39, 0.29) is 5.82 Å². The summed E-state index contributed by atoms with van der Waals surface area (Å²) in [7, 11) is 0. The van der Waals surface area contributed by atoms with Gasteiger partial charge < -0.3 is 4.74 Å². The monoisotopic (exact) mass is 300 g/mol. The fourth-order valence-corrected chi connectivity index (χ4v) is 2.78. The Bertz CT molecular complexity index is 380. The fraction of sp³-hybridized carbons (Fsp3) is 0.571. The molecule has 0 spiro atoms. The Morgan fingerprint density at radius 3 is 3.00 bits per heavy atom. The average molecular weight is 301 g/mol. The Balaban J connectivity index is 1.91. The average Bonchev–Trinajstić information content (AvgIpc) is 2.31. The highest BCUT2D eigenvalue weighted by molar-refractivity contribution is 9.10. The predicted octanol–water partition coefficient (Wildman–Crippen LogP) is 4.68. The van der Waals surface area contributed by atoms with E-state index in [1.54, 1.807) is 6.07 Å². The lowest BCUT2D eigenvalue weighted by molar-refractivity contribution is 0.00432. The molecule has 1 saturated carbocycles. The summed E-state index contributed by atoms with van der Waals surface area (Å²) in [6, 6.07) is 5.08. The molecule has 1 aliphatic carbocycles. The molecule has 3 heteroatoms. The van der Waals surface area contributed by atoms with Crippen molar-refractivity contribution in [2.75, 3.05) is 0 Å². The molecule has 1 aromatic carbocycles. The Labute approximate surface area is 110 Å². The van der Waals surface area contributed by atoms with Crippen molar-refractivity contribution in [3.05, 3.63) is 34.1 Å². The van der Waals surface area contributed by atoms with Crippen LogP contribution in [-0.4, -0.2) is 6.10 Å². The van der Waals surface area contributed by atoms with E-state index < -0.39 is 0 Å². The van der Waals surface area contributed by atoms with Gasteiger partial charge in [-0.2, -0.15) is 0 Å². The van der Waals surface area contributed by atoms with E-state index in [4.69, 9.17) is 4.74 Å². The van der Waals surface area contributed by atoms with E-state index in [0.717, 1.165) is 24.3 Å². The van der Waals surface area contributed by atoms with E-state index >= 15 is 0 Å². The lowest BCUT2D eigenvalue weighted by Gasteiger charge is -2.27. The highest BCUT2D eigenvalue weighted by atomic mass is 79.9. The van der Waals surface area contributed by atoms with E-state index in [1.807, 2.05) is 6.07 Å². The lowest BCUT2D eigenvalue weighted by Crippen LogP contribution is -2.21. The quantitative estimate of drug-likeness (QED) is 0.787. The molecule has 1 fully saturated rings. The third kappa shape index (κ3) is 3.52. The number of benzene rings is 1. The summed E-state index contributed by atoms with van der Waals surface area (Å²) in [4.78, 5) is 0. The largest absolute Gasteiger partial charge is 0.373 e. The van der Waals surface area contributed by atoms with E-state index in [1.165, 1.54) is 18.9 Å². The first-order chi connectivity index (χ1) is 8.16. The van der Waals surface area contributed by atoms with Crippen molar-refractivity contribution < 1.29 is 9.13 Å². The highest BCUT2D eigenvalue weighted by Crippen LogP contribution is 2.27. The van der Waals surface area contributed by atoms with Crippen LogP contribution in [-0.2, 0) is 11.3 Å². The molecule has 1 nitrogen and oxygen atoms in total. The van der Waals surface area contributed by atoms with Crippen molar-refractivity contribution in [2.45, 2.75) is 45.3 Å². The molecule has 0 aliphatic heterocycles. The minimum atomic E-state index is -0.219. The molecule has 2 rings (SSSR count). The molecular formula is C14H18BrFO. The predicted molar refractivity (Wildman–Crippen MR) is 70.3 cm³/mol. The van der Waals surface area contributed by atoms with E-state index in [0.29, 0.717) is 17.2 Å². The van der Waals surface area contributed by atoms with E-state index in [9.17, 15) is 4.39 Å². The van der Waals surface area contributed by atoms with Gasteiger partial charge in [0.1, 0.15) is 5.82 Å². The fourth-order valence-electron chi connectivity index (χ4n) is 2.40. The van der Waals surface area contributed by atoms with Crippen molar-refractivity contribution in [2.24, 2.45) is 5.92 Å². The maximum Gasteiger partial charge on any atom is 0.137 e. The first-order valence-electron chi connectivity index (χ1n) is 6.21. The van der Waals surface area contributed by atoms with Crippen LogP contribution in [0, 0.1) is 11.7 Å². The van der Waals surface area contributed by atoms with Crippen molar-refractivity contribution in [3.8, 4) is 0 Å². The van der Waals surface area contributed by atoms with Crippen LogP contribution in [0.2, 0.25) is 0 Å². The summed E-state index contributed by atoms with van der Waals surface area (Å²) in [6.45, 7) is 2.77. The van der Waals surface area contributed by atoms with Gasteiger partial charge in [-0.05, 0) is 46.3 Å². The molecular weight excluding hydrogens is 283 g/mol. The van der Waals surface area contributed by atoms with Gasteiger partial charge in [0.15, 0.2) is 0 Å². The smallest absolute Gasteiger partial charge is 0.137 e. The zero-order valence-corrected chi connectivity index (χ0v) is 11.7. The van der Waals surface area contributed by atoms with Gasteiger partial charge in [0.2, 0.25) is 0 Å². The summed E-state index contributed by atoms with van der Waals surface area (Å²) >= 11 is 3.26. The number of ether oxygens (including phenoxy) is 1. The molecule has 0 aromatic heterocycles. The summed E-state index contributed by atoms with van der Waals surface area (Å²) in [5.74, 6) is 0.535. The molecule has 1 aliphatic rings. The molecule has 17 heavy (non-hydrogen) atoms. The van der Waals surface area contributed by atoms with Gasteiger partial charge in [0.05, 0.1) is 17.2 Å². The molecule has 2 unspecified atom stereocenters. The van der Waals surface area contributed by atoms with Crippen LogP contribution in [0.25, 0.3) is 0 Å². The second-order valence-electron chi connectivity index (χ2n) is 4.92. The third-order valence-corrected chi connectivity index (χ3v) is 4.28. The van der Waals surface area contributed by atoms with Gasteiger partial charge in [0, 0.05) is 0 Å². The first kappa shape index (κ1) is 13.0. The molecule has 0 bridgehead atoms. The molecule has 0 heterocycles. The van der Waals surface area contributed by atoms with Gasteiger partial charge in [0.25, 0.3) is 0 Å². The minimum absolute atomic E-state index is 0.219. The molecule has 1 aromatic rings. The second-order valence-corrected chi connectivity index (χ2v) is 5.71. The van der Waals surface area contributed by atoms with Gasteiger partial charge in [-0.15, -0.1) is 0 Å². The summed E-state index contributed by atoms with van der Waals surface area (Å²) in [5.41, 5.74) is 0.892. The highest BCUT2D eigenvalue weighted by Gasteiger charge is 2.19. The van der Waals surface area contributed by atoms with Gasteiger partial charge >= 0.3 is 0 Å². The van der Waals surface area contributed by atoms with Crippen molar-refractivity contribution >= 4 is 15.9 Å². The van der Waals surface area contributed by atoms with Gasteiger partial charge in [-0.1, -0.05) is 31.9 Å². The third-order valence-electron chi connectivity index (χ3n) is 3.39. The van der Waals surface area contributed by atoms with Crippen LogP contribution < -0.4 is 0 Å². The number of halogens is 2. The maximum absolute atomic E-state index is 13.3. The van der Waals surface area contributed by atoms with E-state index in [2.05, 4.69) is 22.9 Å². The lowest BCUT2D eigenvalue weighted by atomic mass is 9.89. The Kier molecular flexibility index (Phi) is 4.57. The van der Waals surface area contributed by atoms with Crippen molar-refractivity contribution in [3.63, 3.8) is 0 Å². The second kappa shape index (κ2) is 5.96. The zero-order valence-electron chi connectivity index (χ0n) is 10.1. The topological polar surface area (TPSA) is 9.23 Å². The number of rotatable bonds is 3. The van der Waals surface area contributed by atoms with Crippen LogP contribution in [0.15, 0.2) is 22.7 Å². The minimum Gasteiger partial charge on any atom is -0.373 e.